The number of hydrogen-bond acceptors (Lipinski definition) is 4. The summed E-state index contributed by atoms with van der Waals surface area (Å²) in [6.45, 7) is 1.55. The van der Waals surface area contributed by atoms with Crippen LogP contribution in [0.1, 0.15) is 25.7 Å². The monoisotopic (exact) mass is 255 g/mol. The molecule has 0 bridgehead atoms. The molecule has 1 heterocycles. The summed E-state index contributed by atoms with van der Waals surface area (Å²) in [4.78, 5) is 23.6. The van der Waals surface area contributed by atoms with Crippen molar-refractivity contribution in [1.29, 1.82) is 0 Å². The Kier molecular flexibility index (Phi) is 4.19. The molecule has 2 amide bonds. The Morgan fingerprint density at radius 1 is 1.33 bits per heavy atom. The van der Waals surface area contributed by atoms with Crippen molar-refractivity contribution in [2.24, 2.45) is 0 Å². The van der Waals surface area contributed by atoms with Gasteiger partial charge in [0.25, 0.3) is 5.91 Å². The number of piperidine rings is 1. The highest BCUT2D eigenvalue weighted by atomic mass is 16.5. The van der Waals surface area contributed by atoms with Gasteiger partial charge >= 0.3 is 0 Å². The van der Waals surface area contributed by atoms with Crippen LogP contribution < -0.4 is 16.0 Å². The van der Waals surface area contributed by atoms with E-state index in [1.165, 1.54) is 0 Å². The van der Waals surface area contributed by atoms with Crippen molar-refractivity contribution in [3.8, 4) is 0 Å². The fourth-order valence-corrected chi connectivity index (χ4v) is 2.18. The SMILES string of the molecule is COC1(C(=O)NCC(=O)NC2CC2)CCNCC1. The molecule has 0 aromatic rings. The van der Waals surface area contributed by atoms with Crippen molar-refractivity contribution < 1.29 is 14.3 Å². The van der Waals surface area contributed by atoms with E-state index < -0.39 is 5.60 Å². The van der Waals surface area contributed by atoms with E-state index in [9.17, 15) is 9.59 Å². The van der Waals surface area contributed by atoms with Crippen molar-refractivity contribution in [3.63, 3.8) is 0 Å². The van der Waals surface area contributed by atoms with E-state index in [0.717, 1.165) is 25.9 Å². The predicted octanol–water partition coefficient (Wildman–Crippen LogP) is -0.850. The van der Waals surface area contributed by atoms with Crippen molar-refractivity contribution in [1.82, 2.24) is 16.0 Å². The third-order valence-corrected chi connectivity index (χ3v) is 3.57. The van der Waals surface area contributed by atoms with Gasteiger partial charge < -0.3 is 20.7 Å². The number of carbonyl (C=O) groups is 2. The van der Waals surface area contributed by atoms with Crippen LogP contribution in [0.5, 0.6) is 0 Å². The van der Waals surface area contributed by atoms with Gasteiger partial charge in [0.1, 0.15) is 5.60 Å². The third-order valence-electron chi connectivity index (χ3n) is 3.57. The first-order chi connectivity index (χ1) is 8.66. The van der Waals surface area contributed by atoms with Crippen LogP contribution in [-0.4, -0.2) is 50.2 Å². The van der Waals surface area contributed by atoms with Crippen molar-refractivity contribution >= 4 is 11.8 Å². The molecule has 0 radical (unpaired) electrons. The van der Waals surface area contributed by atoms with E-state index in [-0.39, 0.29) is 18.4 Å². The molecule has 2 fully saturated rings. The molecule has 0 aromatic heterocycles. The molecule has 18 heavy (non-hydrogen) atoms. The zero-order valence-corrected chi connectivity index (χ0v) is 10.8. The Labute approximate surface area is 107 Å². The van der Waals surface area contributed by atoms with Gasteiger partial charge in [-0.05, 0) is 38.8 Å². The molecule has 1 aliphatic carbocycles. The van der Waals surface area contributed by atoms with Gasteiger partial charge in [0, 0.05) is 13.2 Å². The highest BCUT2D eigenvalue weighted by molar-refractivity contribution is 5.89. The summed E-state index contributed by atoms with van der Waals surface area (Å²) in [5.74, 6) is -0.302. The molecule has 2 aliphatic rings. The van der Waals surface area contributed by atoms with E-state index in [0.29, 0.717) is 18.9 Å². The average molecular weight is 255 g/mol. The van der Waals surface area contributed by atoms with E-state index in [4.69, 9.17) is 4.74 Å². The summed E-state index contributed by atoms with van der Waals surface area (Å²) < 4.78 is 5.38. The fraction of sp³-hybridized carbons (Fsp3) is 0.833. The average Bonchev–Trinajstić information content (AvgIpc) is 3.20. The van der Waals surface area contributed by atoms with Crippen molar-refractivity contribution in [2.45, 2.75) is 37.3 Å². The van der Waals surface area contributed by atoms with Crippen LogP contribution >= 0.6 is 0 Å². The lowest BCUT2D eigenvalue weighted by atomic mass is 9.91. The highest BCUT2D eigenvalue weighted by Gasteiger charge is 2.39. The first-order valence-electron chi connectivity index (χ1n) is 6.50. The molecule has 0 spiro atoms. The van der Waals surface area contributed by atoms with Gasteiger partial charge in [0.2, 0.25) is 5.91 Å². The lowest BCUT2D eigenvalue weighted by molar-refractivity contribution is -0.147. The van der Waals surface area contributed by atoms with Gasteiger partial charge in [-0.2, -0.15) is 0 Å². The molecule has 102 valence electrons. The second-order valence-electron chi connectivity index (χ2n) is 4.97. The third kappa shape index (κ3) is 3.20. The van der Waals surface area contributed by atoms with Crippen LogP contribution in [-0.2, 0) is 14.3 Å². The van der Waals surface area contributed by atoms with Crippen LogP contribution in [0.3, 0.4) is 0 Å². The molecule has 0 atom stereocenters. The van der Waals surface area contributed by atoms with Crippen molar-refractivity contribution in [3.05, 3.63) is 0 Å². The molecule has 0 aromatic carbocycles. The number of ether oxygens (including phenoxy) is 1. The smallest absolute Gasteiger partial charge is 0.252 e. The molecule has 1 saturated carbocycles. The Bertz CT molecular complexity index is 323. The van der Waals surface area contributed by atoms with Crippen LogP contribution in [0.4, 0.5) is 0 Å². The summed E-state index contributed by atoms with van der Waals surface area (Å²) in [5.41, 5.74) is -0.773. The molecule has 0 unspecified atom stereocenters. The van der Waals surface area contributed by atoms with E-state index in [2.05, 4.69) is 16.0 Å². The summed E-state index contributed by atoms with van der Waals surface area (Å²) in [5, 5.41) is 8.70. The number of rotatable bonds is 5. The topological polar surface area (TPSA) is 79.5 Å². The minimum absolute atomic E-state index is 0.0356. The summed E-state index contributed by atoms with van der Waals surface area (Å²) in [7, 11) is 1.55. The lowest BCUT2D eigenvalue weighted by Crippen LogP contribution is -2.55. The molecule has 1 aliphatic heterocycles. The quantitative estimate of drug-likeness (QED) is 0.598. The molecular formula is C12H21N3O3. The predicted molar refractivity (Wildman–Crippen MR) is 66.0 cm³/mol. The van der Waals surface area contributed by atoms with Gasteiger partial charge in [-0.25, -0.2) is 0 Å². The number of nitrogens with one attached hydrogen (secondary N) is 3. The van der Waals surface area contributed by atoms with Crippen LogP contribution in [0.2, 0.25) is 0 Å². The maximum Gasteiger partial charge on any atom is 0.252 e. The maximum atomic E-state index is 12.1. The minimum Gasteiger partial charge on any atom is -0.368 e. The normalized spacial score (nSPS) is 22.3. The van der Waals surface area contributed by atoms with Crippen molar-refractivity contribution in [2.75, 3.05) is 26.7 Å². The second-order valence-corrected chi connectivity index (χ2v) is 4.97. The highest BCUT2D eigenvalue weighted by Crippen LogP contribution is 2.22. The molecule has 6 heteroatoms. The number of hydrogen-bond donors (Lipinski definition) is 3. The van der Waals surface area contributed by atoms with Crippen LogP contribution in [0, 0.1) is 0 Å². The summed E-state index contributed by atoms with van der Waals surface area (Å²) >= 11 is 0. The first kappa shape index (κ1) is 13.3. The Hall–Kier alpha value is -1.14. The number of carbonyl (C=O) groups excluding carboxylic acids is 2. The molecule has 6 nitrogen and oxygen atoms in total. The van der Waals surface area contributed by atoms with Gasteiger partial charge in [-0.15, -0.1) is 0 Å². The summed E-state index contributed by atoms with van der Waals surface area (Å²) in [6, 6.07) is 0.324. The zero-order valence-electron chi connectivity index (χ0n) is 10.8. The van der Waals surface area contributed by atoms with E-state index >= 15 is 0 Å². The Morgan fingerprint density at radius 2 is 2.00 bits per heavy atom. The zero-order chi connectivity index (χ0) is 13.0. The van der Waals surface area contributed by atoms with E-state index in [1.807, 2.05) is 0 Å². The maximum absolute atomic E-state index is 12.1. The number of amides is 2. The van der Waals surface area contributed by atoms with Crippen LogP contribution in [0.25, 0.3) is 0 Å². The van der Waals surface area contributed by atoms with Gasteiger partial charge in [0.15, 0.2) is 0 Å². The number of methoxy groups -OCH3 is 1. The Morgan fingerprint density at radius 3 is 2.56 bits per heavy atom. The first-order valence-corrected chi connectivity index (χ1v) is 6.50. The van der Waals surface area contributed by atoms with E-state index in [1.54, 1.807) is 7.11 Å². The lowest BCUT2D eigenvalue weighted by Gasteiger charge is -2.34. The minimum atomic E-state index is -0.773. The molecule has 3 N–H and O–H groups in total. The van der Waals surface area contributed by atoms with Crippen LogP contribution in [0.15, 0.2) is 0 Å². The van der Waals surface area contributed by atoms with Gasteiger partial charge in [-0.1, -0.05) is 0 Å². The molecular weight excluding hydrogens is 234 g/mol. The Balaban J connectivity index is 1.79. The van der Waals surface area contributed by atoms with Gasteiger partial charge in [0.05, 0.1) is 6.54 Å². The molecule has 2 rings (SSSR count). The standard InChI is InChI=1S/C12H21N3O3/c1-18-12(4-6-13-7-5-12)11(17)14-8-10(16)15-9-2-3-9/h9,13H,2-8H2,1H3,(H,14,17)(H,15,16). The summed E-state index contributed by atoms with van der Waals surface area (Å²) in [6.07, 6.45) is 3.37. The second kappa shape index (κ2) is 5.67. The van der Waals surface area contributed by atoms with Gasteiger partial charge in [-0.3, -0.25) is 9.59 Å². The largest absolute Gasteiger partial charge is 0.368 e. The fourth-order valence-electron chi connectivity index (χ4n) is 2.18. The molecule has 1 saturated heterocycles.